The van der Waals surface area contributed by atoms with Crippen molar-refractivity contribution in [2.75, 3.05) is 0 Å². The van der Waals surface area contributed by atoms with Crippen LogP contribution in [0.15, 0.2) is 46.6 Å². The third-order valence-corrected chi connectivity index (χ3v) is 3.19. The number of rotatable bonds is 2. The lowest BCUT2D eigenvalue weighted by Crippen LogP contribution is -1.75. The van der Waals surface area contributed by atoms with Crippen molar-refractivity contribution in [2.24, 2.45) is 10.2 Å². The van der Waals surface area contributed by atoms with Gasteiger partial charge in [-0.25, -0.2) is 4.39 Å². The zero-order chi connectivity index (χ0) is 15.0. The van der Waals surface area contributed by atoms with Crippen LogP contribution >= 0.6 is 0 Å². The second-order valence-electron chi connectivity index (χ2n) is 5.06. The highest BCUT2D eigenvalue weighted by molar-refractivity contribution is 5.94. The van der Waals surface area contributed by atoms with E-state index in [0.717, 1.165) is 11.1 Å². The van der Waals surface area contributed by atoms with E-state index in [2.05, 4.69) is 15.2 Å². The Labute approximate surface area is 121 Å². The minimum Gasteiger partial charge on any atom is -0.493 e. The predicted molar refractivity (Wildman–Crippen MR) is 80.0 cm³/mol. The van der Waals surface area contributed by atoms with E-state index in [4.69, 9.17) is 0 Å². The molecule has 0 aliphatic heterocycles. The van der Waals surface area contributed by atoms with Gasteiger partial charge in [0.2, 0.25) is 5.88 Å². The average molecular weight is 283 g/mol. The molecule has 0 unspecified atom stereocenters. The van der Waals surface area contributed by atoms with Crippen LogP contribution in [0, 0.1) is 19.7 Å². The molecule has 0 aliphatic rings. The van der Waals surface area contributed by atoms with E-state index in [1.165, 1.54) is 12.1 Å². The van der Waals surface area contributed by atoms with Gasteiger partial charge in [-0.3, -0.25) is 0 Å². The number of fused-ring (bicyclic) bond motifs is 1. The van der Waals surface area contributed by atoms with Gasteiger partial charge in [0.25, 0.3) is 0 Å². The molecular weight excluding hydrogens is 269 g/mol. The number of nitrogens with zero attached hydrogens (tertiary/aromatic N) is 2. The number of hydrogen-bond donors (Lipinski definition) is 2. The summed E-state index contributed by atoms with van der Waals surface area (Å²) < 4.78 is 13.2. The number of aromatic nitrogens is 1. The largest absolute Gasteiger partial charge is 0.493 e. The van der Waals surface area contributed by atoms with Gasteiger partial charge in [0.1, 0.15) is 5.82 Å². The first-order chi connectivity index (χ1) is 10.0. The maximum Gasteiger partial charge on any atom is 0.218 e. The summed E-state index contributed by atoms with van der Waals surface area (Å²) in [5.74, 6) is -0.495. The van der Waals surface area contributed by atoms with Gasteiger partial charge in [-0.05, 0) is 55.3 Å². The number of nitrogens with one attached hydrogen (secondary N) is 1. The Bertz CT molecular complexity index is 832. The number of benzene rings is 2. The van der Waals surface area contributed by atoms with Crippen molar-refractivity contribution in [3.63, 3.8) is 0 Å². The molecule has 4 nitrogen and oxygen atoms in total. The molecule has 0 atom stereocenters. The second kappa shape index (κ2) is 5.01. The molecule has 2 N–H and O–H groups in total. The Morgan fingerprint density at radius 1 is 1.00 bits per heavy atom. The van der Waals surface area contributed by atoms with Crippen molar-refractivity contribution in [3.8, 4) is 5.88 Å². The fourth-order valence-corrected chi connectivity index (χ4v) is 2.36. The van der Waals surface area contributed by atoms with Crippen LogP contribution in [0.1, 0.15) is 11.1 Å². The zero-order valence-electron chi connectivity index (χ0n) is 11.7. The second-order valence-corrected chi connectivity index (χ2v) is 5.06. The summed E-state index contributed by atoms with van der Waals surface area (Å²) in [7, 11) is 0. The molecule has 3 rings (SSSR count). The lowest BCUT2D eigenvalue weighted by atomic mass is 10.1. The van der Waals surface area contributed by atoms with Crippen LogP contribution in [-0.2, 0) is 0 Å². The van der Waals surface area contributed by atoms with Gasteiger partial charge in [0, 0.05) is 5.39 Å². The molecule has 0 aliphatic carbocycles. The highest BCUT2D eigenvalue weighted by Gasteiger charge is 2.10. The summed E-state index contributed by atoms with van der Waals surface area (Å²) in [5.41, 5.74) is 3.69. The van der Waals surface area contributed by atoms with Crippen molar-refractivity contribution in [3.05, 3.63) is 53.3 Å². The molecule has 0 fully saturated rings. The third kappa shape index (κ3) is 2.63. The number of aromatic amines is 1. The first kappa shape index (κ1) is 13.3. The molecule has 0 saturated heterocycles. The quantitative estimate of drug-likeness (QED) is 0.635. The Balaban J connectivity index is 2.05. The molecule has 0 bridgehead atoms. The van der Waals surface area contributed by atoms with Gasteiger partial charge < -0.3 is 10.1 Å². The smallest absolute Gasteiger partial charge is 0.218 e. The van der Waals surface area contributed by atoms with Gasteiger partial charge in [-0.2, -0.15) is 5.11 Å². The van der Waals surface area contributed by atoms with E-state index in [0.29, 0.717) is 22.3 Å². The normalized spacial score (nSPS) is 11.6. The molecular formula is C16H14FN3O. The van der Waals surface area contributed by atoms with E-state index in [9.17, 15) is 9.50 Å². The number of aromatic hydroxyl groups is 1. The highest BCUT2D eigenvalue weighted by Crippen LogP contribution is 2.36. The minimum atomic E-state index is -0.374. The Kier molecular flexibility index (Phi) is 3.17. The number of azo groups is 1. The first-order valence-electron chi connectivity index (χ1n) is 6.53. The van der Waals surface area contributed by atoms with E-state index < -0.39 is 0 Å². The van der Waals surface area contributed by atoms with E-state index in [1.54, 1.807) is 6.07 Å². The van der Waals surface area contributed by atoms with Gasteiger partial charge >= 0.3 is 0 Å². The van der Waals surface area contributed by atoms with Crippen LogP contribution in [0.2, 0.25) is 0 Å². The molecule has 1 aromatic heterocycles. The standard InChI is InChI=1S/C16H14FN3O/c1-9-5-10(2)7-12(6-9)19-20-15-13-4-3-11(17)8-14(13)18-16(15)21/h3-8,18,21H,1-2H3. The van der Waals surface area contributed by atoms with Crippen LogP contribution < -0.4 is 0 Å². The molecule has 2 aromatic carbocycles. The zero-order valence-corrected chi connectivity index (χ0v) is 11.7. The summed E-state index contributed by atoms with van der Waals surface area (Å²) in [5, 5.41) is 18.8. The van der Waals surface area contributed by atoms with Crippen LogP contribution in [0.3, 0.4) is 0 Å². The number of H-pyrrole nitrogens is 1. The molecule has 0 amide bonds. The van der Waals surface area contributed by atoms with Crippen molar-refractivity contribution in [1.82, 2.24) is 4.98 Å². The maximum atomic E-state index is 13.2. The monoisotopic (exact) mass is 283 g/mol. The number of aryl methyl sites for hydroxylation is 2. The molecule has 0 saturated carbocycles. The van der Waals surface area contributed by atoms with Gasteiger partial charge in [0.15, 0.2) is 5.69 Å². The summed E-state index contributed by atoms with van der Waals surface area (Å²) in [6.07, 6.45) is 0. The Morgan fingerprint density at radius 3 is 2.43 bits per heavy atom. The molecule has 21 heavy (non-hydrogen) atoms. The predicted octanol–water partition coefficient (Wildman–Crippen LogP) is 5.04. The van der Waals surface area contributed by atoms with Gasteiger partial charge in [-0.15, -0.1) is 5.11 Å². The van der Waals surface area contributed by atoms with Crippen LogP contribution in [0.25, 0.3) is 10.9 Å². The van der Waals surface area contributed by atoms with E-state index >= 15 is 0 Å². The van der Waals surface area contributed by atoms with Crippen molar-refractivity contribution >= 4 is 22.3 Å². The van der Waals surface area contributed by atoms with Crippen LogP contribution in [0.4, 0.5) is 15.8 Å². The lowest BCUT2D eigenvalue weighted by molar-refractivity contribution is 0.459. The summed E-state index contributed by atoms with van der Waals surface area (Å²) >= 11 is 0. The Hall–Kier alpha value is -2.69. The SMILES string of the molecule is Cc1cc(C)cc(N=Nc2c(O)[nH]c3cc(F)ccc23)c1. The molecule has 106 valence electrons. The van der Waals surface area contributed by atoms with Crippen LogP contribution in [0.5, 0.6) is 5.88 Å². The first-order valence-corrected chi connectivity index (χ1v) is 6.53. The summed E-state index contributed by atoms with van der Waals surface area (Å²) in [4.78, 5) is 2.69. The summed E-state index contributed by atoms with van der Waals surface area (Å²) in [6.45, 7) is 3.97. The van der Waals surface area contributed by atoms with Gasteiger partial charge in [-0.1, -0.05) is 6.07 Å². The highest BCUT2D eigenvalue weighted by atomic mass is 19.1. The molecule has 0 spiro atoms. The summed E-state index contributed by atoms with van der Waals surface area (Å²) in [6, 6.07) is 10.1. The van der Waals surface area contributed by atoms with Crippen molar-refractivity contribution < 1.29 is 9.50 Å². The van der Waals surface area contributed by atoms with Crippen molar-refractivity contribution in [1.29, 1.82) is 0 Å². The topological polar surface area (TPSA) is 60.7 Å². The maximum absolute atomic E-state index is 13.2. The number of halogens is 1. The number of hydrogen-bond acceptors (Lipinski definition) is 3. The molecule has 5 heteroatoms. The van der Waals surface area contributed by atoms with Crippen molar-refractivity contribution in [2.45, 2.75) is 13.8 Å². The van der Waals surface area contributed by atoms with Gasteiger partial charge in [0.05, 0.1) is 11.2 Å². The Morgan fingerprint density at radius 2 is 1.71 bits per heavy atom. The fraction of sp³-hybridized carbons (Fsp3) is 0.125. The average Bonchev–Trinajstić information content (AvgIpc) is 2.70. The fourth-order valence-electron chi connectivity index (χ4n) is 2.36. The third-order valence-electron chi connectivity index (χ3n) is 3.19. The lowest BCUT2D eigenvalue weighted by Gasteiger charge is -1.98. The molecule has 3 aromatic rings. The molecule has 0 radical (unpaired) electrons. The van der Waals surface area contributed by atoms with Crippen LogP contribution in [-0.4, -0.2) is 10.1 Å². The van der Waals surface area contributed by atoms with E-state index in [1.807, 2.05) is 32.0 Å². The molecule has 1 heterocycles. The van der Waals surface area contributed by atoms with E-state index in [-0.39, 0.29) is 11.7 Å². The minimum absolute atomic E-state index is 0.122.